The second-order valence-electron chi connectivity index (χ2n) is 22.1. The quantitative estimate of drug-likeness (QED) is 0.0588. The molecule has 14 bridgehead atoms. The lowest BCUT2D eigenvalue weighted by atomic mass is 9.95. The van der Waals surface area contributed by atoms with E-state index in [0.717, 1.165) is 6.08 Å². The van der Waals surface area contributed by atoms with Crippen LogP contribution in [0.1, 0.15) is 5.56 Å². The predicted octanol–water partition coefficient (Wildman–Crippen LogP) is -13.4. The van der Waals surface area contributed by atoms with Crippen LogP contribution in [0.25, 0.3) is 6.08 Å². The summed E-state index contributed by atoms with van der Waals surface area (Å²) in [6.07, 6.45) is -69.6. The van der Waals surface area contributed by atoms with Crippen LogP contribution in [-0.4, -0.2) is 369 Å². The van der Waals surface area contributed by atoms with Gasteiger partial charge >= 0.3 is 5.97 Å². The van der Waals surface area contributed by atoms with Gasteiger partial charge in [0.15, 0.2) is 44.0 Å². The van der Waals surface area contributed by atoms with Crippen molar-refractivity contribution < 1.29 is 178 Å². The maximum absolute atomic E-state index is 13.1. The Morgan fingerprint density at radius 3 is 0.750 bits per heavy atom. The summed E-state index contributed by atoms with van der Waals surface area (Å²) in [7, 11) is 0. The van der Waals surface area contributed by atoms with Crippen molar-refractivity contribution in [2.45, 2.75) is 215 Å². The molecule has 2 unspecified atom stereocenters. The highest BCUT2D eigenvalue weighted by atomic mass is 16.8. The van der Waals surface area contributed by atoms with Gasteiger partial charge in [-0.05, 0) is 23.8 Å². The summed E-state index contributed by atoms with van der Waals surface area (Å²) in [5, 5.41) is 223. The minimum atomic E-state index is -2.29. The number of anilines is 1. The molecule has 21 heterocycles. The number of rotatable bonds is 10. The molecule has 37 nitrogen and oxygen atoms in total. The van der Waals surface area contributed by atoms with Crippen molar-refractivity contribution in [3.05, 3.63) is 35.9 Å². The average Bonchev–Trinajstić information content (AvgIpc) is 2.49. The van der Waals surface area contributed by atoms with Crippen molar-refractivity contribution in [3.8, 4) is 0 Å². The summed E-state index contributed by atoms with van der Waals surface area (Å²) in [6.45, 7) is -7.35. The summed E-state index contributed by atoms with van der Waals surface area (Å²) >= 11 is 0. The van der Waals surface area contributed by atoms with Crippen LogP contribution in [0.2, 0.25) is 0 Å². The van der Waals surface area contributed by atoms with Crippen molar-refractivity contribution in [2.24, 2.45) is 0 Å². The van der Waals surface area contributed by atoms with E-state index in [-0.39, 0.29) is 0 Å². The molecular formula is C51H77NO36. The highest BCUT2D eigenvalue weighted by molar-refractivity contribution is 5.87. The molecule has 37 heteroatoms. The highest BCUT2D eigenvalue weighted by Gasteiger charge is 2.59. The van der Waals surface area contributed by atoms with Crippen molar-refractivity contribution >= 4 is 17.7 Å². The number of nitrogen functional groups attached to an aromatic ring is 1. The number of esters is 1. The predicted molar refractivity (Wildman–Crippen MR) is 272 cm³/mol. The molecule has 0 aromatic heterocycles. The molecule has 21 saturated heterocycles. The van der Waals surface area contributed by atoms with Gasteiger partial charge in [-0.2, -0.15) is 0 Å². The molecule has 1 aromatic rings. The first-order valence-corrected chi connectivity index (χ1v) is 28.0. The topological polar surface area (TPSA) is 586 Å². The number of carbonyl (C=O) groups excluding carboxylic acids is 1. The lowest BCUT2D eigenvalue weighted by Crippen LogP contribution is -2.68. The van der Waals surface area contributed by atoms with Gasteiger partial charge in [0.05, 0.1) is 39.6 Å². The molecule has 21 aliphatic rings. The first-order chi connectivity index (χ1) is 42.0. The molecule has 22 rings (SSSR count). The molecule has 22 N–H and O–H groups in total. The monoisotopic (exact) mass is 1280 g/mol. The van der Waals surface area contributed by atoms with Gasteiger partial charge < -0.3 is 179 Å². The van der Waals surface area contributed by atoms with E-state index < -0.39 is 267 Å². The Bertz CT molecular complexity index is 2370. The lowest BCUT2D eigenvalue weighted by Gasteiger charge is -2.50. The van der Waals surface area contributed by atoms with Crippen LogP contribution < -0.4 is 5.73 Å². The van der Waals surface area contributed by atoms with E-state index in [9.17, 15) is 107 Å². The van der Waals surface area contributed by atoms with Crippen molar-refractivity contribution in [1.29, 1.82) is 0 Å². The van der Waals surface area contributed by atoms with Crippen LogP contribution in [0.4, 0.5) is 5.69 Å². The van der Waals surface area contributed by atoms with Gasteiger partial charge in [-0.1, -0.05) is 12.1 Å². The summed E-state index contributed by atoms with van der Waals surface area (Å²) in [5.74, 6) is -1.04. The average molecular weight is 1280 g/mol. The van der Waals surface area contributed by atoms with Gasteiger partial charge in [0.1, 0.15) is 178 Å². The summed E-state index contributed by atoms with van der Waals surface area (Å²) in [4.78, 5) is 13.1. The van der Waals surface area contributed by atoms with E-state index in [4.69, 9.17) is 76.8 Å². The minimum absolute atomic E-state index is 0.421. The van der Waals surface area contributed by atoms with Crippen LogP contribution in [0.5, 0.6) is 0 Å². The number of aliphatic hydroxyl groups is 20. The Balaban J connectivity index is 1.01. The Morgan fingerprint density at radius 1 is 0.330 bits per heavy atom. The highest BCUT2D eigenvalue weighted by Crippen LogP contribution is 2.39. The molecule has 0 radical (unpaired) electrons. The molecule has 21 fully saturated rings. The van der Waals surface area contributed by atoms with Gasteiger partial charge in [-0.15, -0.1) is 0 Å². The van der Waals surface area contributed by atoms with E-state index in [1.165, 1.54) is 6.08 Å². The van der Waals surface area contributed by atoms with Crippen LogP contribution >= 0.6 is 0 Å². The molecule has 0 aliphatic carbocycles. The Morgan fingerprint density at radius 2 is 0.534 bits per heavy atom. The lowest BCUT2D eigenvalue weighted by molar-refractivity contribution is -0.396. The number of carbonyl (C=O) groups is 1. The fourth-order valence-corrected chi connectivity index (χ4v) is 11.4. The van der Waals surface area contributed by atoms with E-state index in [2.05, 4.69) is 0 Å². The Labute approximate surface area is 497 Å². The summed E-state index contributed by atoms with van der Waals surface area (Å²) in [5.41, 5.74) is 6.67. The Kier molecular flexibility index (Phi) is 23.5. The largest absolute Gasteiger partial charge is 0.460 e. The standard InChI is InChI=1S/C51H77NO36/c52-15-4-1-14(2-5-15)3-6-23(59)74-13-22-44-30(66)37(73)51(81-22)87-43-21(12-58)79-49(35(71)28(43)64)85-41-19(10-56)77-47(33(69)26(41)62)83-39-17(8-54)75-45(31(67)24(39)60)82-38-16(7-53)76-46(32(68)25(38)61)84-40-18(9-55)78-48(34(70)27(40)63)86-42-20(11-57)80-50(88-44)36(72)29(42)65/h1-6,16-22,24-51,53-58,60-73H,7-13,52H2/b6-3-/t16-,17-,18-,19-,20-,21-,22-,24-,25-,26-,27-,28-,29-,30-,31-,32-,33-,34?,35-,36?,37-,38-,39-,40-,41-,42-,43-,44-,45-,46-,47-,48-,49-,50-,51-/m1/s1. The van der Waals surface area contributed by atoms with Gasteiger partial charge in [-0.25, -0.2) is 4.79 Å². The number of hydrogen-bond donors (Lipinski definition) is 21. The molecular weight excluding hydrogens is 1200 g/mol. The third kappa shape index (κ3) is 14.3. The van der Waals surface area contributed by atoms with Gasteiger partial charge in [-0.3, -0.25) is 0 Å². The van der Waals surface area contributed by atoms with Crippen LogP contribution in [-0.2, 0) is 75.8 Å². The zero-order valence-electron chi connectivity index (χ0n) is 46.2. The molecule has 1 aromatic carbocycles. The molecule has 502 valence electrons. The Hall–Kier alpha value is -3.13. The van der Waals surface area contributed by atoms with E-state index in [1.807, 2.05) is 0 Å². The zero-order chi connectivity index (χ0) is 63.7. The molecule has 21 aliphatic heterocycles. The van der Waals surface area contributed by atoms with Gasteiger partial charge in [0.2, 0.25) is 0 Å². The molecule has 0 saturated carbocycles. The van der Waals surface area contributed by atoms with E-state index in [0.29, 0.717) is 11.3 Å². The van der Waals surface area contributed by atoms with Gasteiger partial charge in [0.25, 0.3) is 0 Å². The minimum Gasteiger partial charge on any atom is -0.460 e. The number of aliphatic hydroxyl groups excluding tert-OH is 20. The fraction of sp³-hybridized carbons (Fsp3) is 0.824. The van der Waals surface area contributed by atoms with Crippen LogP contribution in [0, 0.1) is 0 Å². The number of nitrogens with two attached hydrogens (primary N) is 1. The van der Waals surface area contributed by atoms with E-state index >= 15 is 0 Å². The molecule has 88 heavy (non-hydrogen) atoms. The second-order valence-corrected chi connectivity index (χ2v) is 22.1. The maximum Gasteiger partial charge on any atom is 0.330 e. The first kappa shape index (κ1) is 69.2. The summed E-state index contributed by atoms with van der Waals surface area (Å²) in [6, 6.07) is 6.25. The third-order valence-corrected chi connectivity index (χ3v) is 16.3. The number of benzene rings is 1. The molecule has 0 amide bonds. The SMILES string of the molecule is Nc1ccc(/C=C\C(=O)OC[C@H]2O[C@@H]3O[C@H]4[C@H](O)[C@@H](O)[C@@H](O[C@H]5[C@H](O)[C@@H](O)[C@@H](O[C@H]6[C@H](O)[C@@H](O)[C@@H](O[C@H]7[C@H](O)[C@@H](O)[C@@H](O[C@H]8[C@H](O)C(O)[C@@H](O[C@H]9[C@H](O)C(O)[C@@H](O[C@H]2[C@H](O)[C@H]3O)O[C@@H]9CO)O[C@@H]8CO)O[C@@H]7CO)O[C@@H]6CO)O[C@@H]5CO)O[C@@H]4CO)cc1. The fourth-order valence-electron chi connectivity index (χ4n) is 11.4. The third-order valence-electron chi connectivity index (χ3n) is 16.3. The smallest absolute Gasteiger partial charge is 0.330 e. The van der Waals surface area contributed by atoms with Crippen molar-refractivity contribution in [1.82, 2.24) is 0 Å². The van der Waals surface area contributed by atoms with E-state index in [1.54, 1.807) is 24.3 Å². The summed E-state index contributed by atoms with van der Waals surface area (Å²) < 4.78 is 86.2. The number of hydrogen-bond acceptors (Lipinski definition) is 37. The second kappa shape index (κ2) is 29.9. The number of ether oxygens (including phenoxy) is 15. The van der Waals surface area contributed by atoms with Crippen LogP contribution in [0.3, 0.4) is 0 Å². The van der Waals surface area contributed by atoms with Gasteiger partial charge in [0, 0.05) is 11.8 Å². The van der Waals surface area contributed by atoms with Crippen LogP contribution in [0.15, 0.2) is 30.3 Å². The normalized spacial score (nSPS) is 49.9. The zero-order valence-corrected chi connectivity index (χ0v) is 46.2. The van der Waals surface area contributed by atoms with Crippen molar-refractivity contribution in [2.75, 3.05) is 52.0 Å². The first-order valence-electron chi connectivity index (χ1n) is 28.0. The van der Waals surface area contributed by atoms with Crippen molar-refractivity contribution in [3.63, 3.8) is 0 Å². The maximum atomic E-state index is 13.1. The molecule has 0 spiro atoms. The molecule has 35 atom stereocenters.